The van der Waals surface area contributed by atoms with Crippen molar-refractivity contribution in [3.63, 3.8) is 0 Å². The van der Waals surface area contributed by atoms with E-state index in [0.717, 1.165) is 36.3 Å². The van der Waals surface area contributed by atoms with E-state index < -0.39 is 17.6 Å². The molecule has 0 radical (unpaired) electrons. The highest BCUT2D eigenvalue weighted by Gasteiger charge is 2.29. The minimum absolute atomic E-state index is 0.206. The first-order valence-corrected chi connectivity index (χ1v) is 14.3. The lowest BCUT2D eigenvalue weighted by Gasteiger charge is -2.20. The van der Waals surface area contributed by atoms with Crippen LogP contribution < -0.4 is 20.7 Å². The monoisotopic (exact) mass is 545 g/mol. The summed E-state index contributed by atoms with van der Waals surface area (Å²) < 4.78 is 11.2. The average molecular weight is 546 g/mol. The topological polar surface area (TPSA) is 106 Å². The fraction of sp³-hybridized carbons (Fsp3) is 0.552. The van der Waals surface area contributed by atoms with Crippen molar-refractivity contribution in [3.05, 3.63) is 46.3 Å². The first-order valence-electron chi connectivity index (χ1n) is 13.5. The summed E-state index contributed by atoms with van der Waals surface area (Å²) in [5, 5.41) is 8.79. The second-order valence-corrected chi connectivity index (χ2v) is 11.2. The molecule has 3 amide bonds. The van der Waals surface area contributed by atoms with Gasteiger partial charge < -0.3 is 20.1 Å². The Bertz CT molecular complexity index is 1030. The lowest BCUT2D eigenvalue weighted by Crippen LogP contribution is -2.30. The molecule has 0 aliphatic heterocycles. The van der Waals surface area contributed by atoms with Gasteiger partial charge in [0.05, 0.1) is 17.0 Å². The first-order chi connectivity index (χ1) is 18.1. The second kappa shape index (κ2) is 16.0. The van der Waals surface area contributed by atoms with Crippen molar-refractivity contribution >= 4 is 34.2 Å². The molecule has 9 heteroatoms. The van der Waals surface area contributed by atoms with Gasteiger partial charge in [-0.1, -0.05) is 57.2 Å². The van der Waals surface area contributed by atoms with Crippen LogP contribution in [0.4, 0.5) is 9.80 Å². The Morgan fingerprint density at radius 2 is 1.55 bits per heavy atom. The molecule has 8 nitrogen and oxygen atoms in total. The van der Waals surface area contributed by atoms with Gasteiger partial charge in [-0.2, -0.15) is 0 Å². The van der Waals surface area contributed by atoms with Crippen LogP contribution in [-0.2, 0) is 4.74 Å². The van der Waals surface area contributed by atoms with Gasteiger partial charge in [-0.25, -0.2) is 9.59 Å². The first kappa shape index (κ1) is 31.1. The van der Waals surface area contributed by atoms with Crippen molar-refractivity contribution in [3.8, 4) is 5.75 Å². The number of para-hydroxylation sites is 1. The van der Waals surface area contributed by atoms with Crippen molar-refractivity contribution in [1.82, 2.24) is 10.6 Å². The van der Waals surface area contributed by atoms with Gasteiger partial charge in [-0.15, -0.1) is 11.3 Å². The molecule has 0 fully saturated rings. The Balaban J connectivity index is 1.98. The molecule has 1 aromatic carbocycles. The average Bonchev–Trinajstić information content (AvgIpc) is 3.18. The second-order valence-electron chi connectivity index (χ2n) is 10.2. The van der Waals surface area contributed by atoms with E-state index in [-0.39, 0.29) is 11.5 Å². The molecule has 0 atom stereocenters. The number of esters is 1. The zero-order chi connectivity index (χ0) is 28.0. The number of anilines is 1. The maximum Gasteiger partial charge on any atom is 0.341 e. The van der Waals surface area contributed by atoms with E-state index >= 15 is 0 Å². The molecule has 38 heavy (non-hydrogen) atoms. The number of amides is 3. The summed E-state index contributed by atoms with van der Waals surface area (Å²) in [6.07, 6.45) is 7.36. The number of thiophene rings is 1. The number of carbonyl (C=O) groups excluding carboxylic acids is 3. The molecule has 2 rings (SSSR count). The predicted molar refractivity (Wildman–Crippen MR) is 154 cm³/mol. The van der Waals surface area contributed by atoms with Crippen LogP contribution in [0.25, 0.3) is 0 Å². The summed E-state index contributed by atoms with van der Waals surface area (Å²) in [4.78, 5) is 38.9. The molecule has 0 unspecified atom stereocenters. The lowest BCUT2D eigenvalue weighted by molar-refractivity contribution is 0.00705. The smallest absolute Gasteiger partial charge is 0.341 e. The Morgan fingerprint density at radius 3 is 2.24 bits per heavy atom. The van der Waals surface area contributed by atoms with Gasteiger partial charge in [0.25, 0.3) is 5.91 Å². The third-order valence-corrected chi connectivity index (χ3v) is 6.82. The van der Waals surface area contributed by atoms with Crippen LogP contribution in [0.15, 0.2) is 30.3 Å². The number of hydrogen-bond acceptors (Lipinski definition) is 6. The summed E-state index contributed by atoms with van der Waals surface area (Å²) in [6.45, 7) is 10.6. The van der Waals surface area contributed by atoms with E-state index in [1.807, 2.05) is 30.3 Å². The Morgan fingerprint density at radius 1 is 0.895 bits per heavy atom. The van der Waals surface area contributed by atoms with E-state index in [4.69, 9.17) is 9.47 Å². The van der Waals surface area contributed by atoms with Gasteiger partial charge in [0.1, 0.15) is 16.4 Å². The number of urea groups is 1. The van der Waals surface area contributed by atoms with Crippen LogP contribution in [-0.4, -0.2) is 43.2 Å². The van der Waals surface area contributed by atoms with Crippen molar-refractivity contribution in [2.75, 3.05) is 25.0 Å². The molecule has 1 aromatic heterocycles. The van der Waals surface area contributed by atoms with Crippen LogP contribution in [0.2, 0.25) is 0 Å². The van der Waals surface area contributed by atoms with Gasteiger partial charge in [0.2, 0.25) is 0 Å². The summed E-state index contributed by atoms with van der Waals surface area (Å²) in [6, 6.07) is 9.08. The predicted octanol–water partition coefficient (Wildman–Crippen LogP) is 6.69. The highest BCUT2D eigenvalue weighted by atomic mass is 32.1. The molecule has 210 valence electrons. The number of unbranched alkanes of at least 4 members (excludes halogenated alkanes) is 5. The van der Waals surface area contributed by atoms with E-state index in [9.17, 15) is 14.4 Å². The number of benzene rings is 1. The fourth-order valence-corrected chi connectivity index (χ4v) is 4.82. The quantitative estimate of drug-likeness (QED) is 0.171. The molecular weight excluding hydrogens is 502 g/mol. The summed E-state index contributed by atoms with van der Waals surface area (Å²) in [7, 11) is 0. The van der Waals surface area contributed by atoms with Gasteiger partial charge in [-0.05, 0) is 58.2 Å². The van der Waals surface area contributed by atoms with Gasteiger partial charge in [0, 0.05) is 13.1 Å². The molecule has 0 aliphatic carbocycles. The largest absolute Gasteiger partial charge is 0.494 e. The minimum Gasteiger partial charge on any atom is -0.494 e. The van der Waals surface area contributed by atoms with Gasteiger partial charge in [0.15, 0.2) is 0 Å². The van der Waals surface area contributed by atoms with Gasteiger partial charge >= 0.3 is 12.0 Å². The van der Waals surface area contributed by atoms with Crippen molar-refractivity contribution in [2.24, 2.45) is 0 Å². The van der Waals surface area contributed by atoms with Gasteiger partial charge in [-0.3, -0.25) is 10.1 Å². The van der Waals surface area contributed by atoms with Crippen LogP contribution in [0.5, 0.6) is 5.75 Å². The molecule has 3 N–H and O–H groups in total. The van der Waals surface area contributed by atoms with Crippen LogP contribution >= 0.6 is 11.3 Å². The number of rotatable bonds is 15. The van der Waals surface area contributed by atoms with Crippen LogP contribution in [0.1, 0.15) is 98.2 Å². The molecule has 0 aliphatic rings. The Kier molecular flexibility index (Phi) is 13.1. The summed E-state index contributed by atoms with van der Waals surface area (Å²) in [5.41, 5.74) is -0.0325. The SMILES string of the molecule is CCCCCCCCNC(=O)Nc1sc(C(=O)NCCCOc2ccccc2)c(C)c1C(=O)OC(C)(C)C. The molecule has 0 bridgehead atoms. The fourth-order valence-electron chi connectivity index (χ4n) is 3.71. The third kappa shape index (κ3) is 11.1. The van der Waals surface area contributed by atoms with E-state index in [1.54, 1.807) is 27.7 Å². The van der Waals surface area contributed by atoms with Crippen molar-refractivity contribution in [1.29, 1.82) is 0 Å². The standard InChI is InChI=1S/C29H43N3O5S/c1-6-7-8-9-10-14-18-31-28(35)32-26-23(27(34)37-29(3,4)5)21(2)24(38-26)25(33)30-19-15-20-36-22-16-12-11-13-17-22/h11-13,16-17H,6-10,14-15,18-20H2,1-5H3,(H,30,33)(H2,31,32,35). The lowest BCUT2D eigenvalue weighted by atomic mass is 10.1. The minimum atomic E-state index is -0.718. The van der Waals surface area contributed by atoms with Crippen LogP contribution in [0.3, 0.4) is 0 Å². The molecular formula is C29H43N3O5S. The highest BCUT2D eigenvalue weighted by molar-refractivity contribution is 7.18. The normalized spacial score (nSPS) is 11.1. The van der Waals surface area contributed by atoms with Crippen molar-refractivity contribution < 1.29 is 23.9 Å². The summed E-state index contributed by atoms with van der Waals surface area (Å²) in [5.74, 6) is -0.106. The maximum atomic E-state index is 13.0. The number of nitrogens with one attached hydrogen (secondary N) is 3. The molecule has 0 spiro atoms. The summed E-state index contributed by atoms with van der Waals surface area (Å²) >= 11 is 1.07. The number of ether oxygens (including phenoxy) is 2. The Labute approximate surface area is 230 Å². The van der Waals surface area contributed by atoms with Crippen molar-refractivity contribution in [2.45, 2.75) is 85.2 Å². The molecule has 2 aromatic rings. The number of hydrogen-bond donors (Lipinski definition) is 3. The zero-order valence-corrected chi connectivity index (χ0v) is 24.2. The highest BCUT2D eigenvalue weighted by Crippen LogP contribution is 2.34. The maximum absolute atomic E-state index is 13.0. The molecule has 0 saturated carbocycles. The van der Waals surface area contributed by atoms with Crippen LogP contribution in [0, 0.1) is 6.92 Å². The molecule has 0 saturated heterocycles. The number of carbonyl (C=O) groups is 3. The van der Waals surface area contributed by atoms with E-state index in [0.29, 0.717) is 41.6 Å². The Hall–Kier alpha value is -3.07. The van der Waals surface area contributed by atoms with E-state index in [2.05, 4.69) is 22.9 Å². The van der Waals surface area contributed by atoms with E-state index in [1.165, 1.54) is 19.3 Å². The third-order valence-electron chi connectivity index (χ3n) is 5.62. The zero-order valence-electron chi connectivity index (χ0n) is 23.4. The molecule has 1 heterocycles.